The first-order valence-electron chi connectivity index (χ1n) is 9.14. The van der Waals surface area contributed by atoms with Gasteiger partial charge in [-0.1, -0.05) is 41.5 Å². The monoisotopic (exact) mass is 378 g/mol. The van der Waals surface area contributed by atoms with Gasteiger partial charge in [0.15, 0.2) is 16.6 Å². The van der Waals surface area contributed by atoms with Crippen LogP contribution < -0.4 is 0 Å². The second-order valence-electron chi connectivity index (χ2n) is 9.44. The van der Waals surface area contributed by atoms with Crippen molar-refractivity contribution in [3.05, 3.63) is 0 Å². The fraction of sp³-hybridized carbons (Fsp3) is 1.00. The molecule has 0 atom stereocenters. The first-order chi connectivity index (χ1) is 10.7. The van der Waals surface area contributed by atoms with E-state index in [0.717, 1.165) is 0 Å². The molecule has 0 saturated carbocycles. The van der Waals surface area contributed by atoms with Crippen molar-refractivity contribution in [2.75, 3.05) is 39.6 Å². The fourth-order valence-corrected chi connectivity index (χ4v) is 3.52. The SMILES string of the molecule is CC(C)(C)[Si](C)(C)OCCOCCOCCO[Si](C)(C)C(C)(C)C. The van der Waals surface area contributed by atoms with Crippen molar-refractivity contribution >= 4 is 16.6 Å². The molecule has 0 unspecified atom stereocenters. The Morgan fingerprint density at radius 1 is 0.500 bits per heavy atom. The lowest BCUT2D eigenvalue weighted by Gasteiger charge is -2.36. The second kappa shape index (κ2) is 9.83. The number of ether oxygens (including phenoxy) is 2. The molecule has 0 N–H and O–H groups in total. The quantitative estimate of drug-likeness (QED) is 0.372. The third-order valence-electron chi connectivity index (χ3n) is 5.37. The first-order valence-corrected chi connectivity index (χ1v) is 15.0. The highest BCUT2D eigenvalue weighted by Gasteiger charge is 2.37. The summed E-state index contributed by atoms with van der Waals surface area (Å²) in [6, 6.07) is 0. The molecule has 0 aliphatic rings. The lowest BCUT2D eigenvalue weighted by atomic mass is 10.2. The predicted molar refractivity (Wildman–Crippen MR) is 108 cm³/mol. The molecule has 6 heteroatoms. The largest absolute Gasteiger partial charge is 0.414 e. The van der Waals surface area contributed by atoms with E-state index in [0.29, 0.717) is 39.6 Å². The molecular formula is C18H42O4Si2. The average molecular weight is 379 g/mol. The number of hydrogen-bond acceptors (Lipinski definition) is 4. The van der Waals surface area contributed by atoms with Crippen molar-refractivity contribution in [3.63, 3.8) is 0 Å². The molecule has 0 spiro atoms. The molecule has 0 aliphatic carbocycles. The summed E-state index contributed by atoms with van der Waals surface area (Å²) in [5, 5.41) is 0.501. The van der Waals surface area contributed by atoms with Crippen molar-refractivity contribution in [1.82, 2.24) is 0 Å². The molecule has 0 fully saturated rings. The summed E-state index contributed by atoms with van der Waals surface area (Å²) in [4.78, 5) is 0. The van der Waals surface area contributed by atoms with Crippen LogP contribution in [0.3, 0.4) is 0 Å². The van der Waals surface area contributed by atoms with Gasteiger partial charge in [0.2, 0.25) is 0 Å². The molecule has 0 radical (unpaired) electrons. The normalized spacial score (nSPS) is 14.2. The van der Waals surface area contributed by atoms with Crippen LogP contribution in [0.15, 0.2) is 0 Å². The molecular weight excluding hydrogens is 336 g/mol. The standard InChI is InChI=1S/C18H42O4Si2/c1-17(2,3)23(7,8)21-15-13-19-11-12-20-14-16-22-24(9,10)18(4,5)6/h11-16H2,1-10H3. The van der Waals surface area contributed by atoms with Crippen molar-refractivity contribution < 1.29 is 18.3 Å². The van der Waals surface area contributed by atoms with Gasteiger partial charge in [-0.15, -0.1) is 0 Å². The van der Waals surface area contributed by atoms with Gasteiger partial charge in [0, 0.05) is 0 Å². The van der Waals surface area contributed by atoms with Crippen LogP contribution in [-0.4, -0.2) is 56.3 Å². The Morgan fingerprint density at radius 3 is 1.00 bits per heavy atom. The van der Waals surface area contributed by atoms with E-state index < -0.39 is 16.6 Å². The molecule has 0 aromatic heterocycles. The molecule has 0 aromatic rings. The Hall–Kier alpha value is 0.274. The number of rotatable bonds is 11. The van der Waals surface area contributed by atoms with Crippen LogP contribution in [0.4, 0.5) is 0 Å². The molecule has 0 saturated heterocycles. The maximum Gasteiger partial charge on any atom is 0.192 e. The van der Waals surface area contributed by atoms with Crippen molar-refractivity contribution in [2.24, 2.45) is 0 Å². The summed E-state index contributed by atoms with van der Waals surface area (Å²) in [5.41, 5.74) is 0. The highest BCUT2D eigenvalue weighted by Crippen LogP contribution is 2.37. The van der Waals surface area contributed by atoms with Crippen LogP contribution in [0.25, 0.3) is 0 Å². The minimum atomic E-state index is -1.65. The van der Waals surface area contributed by atoms with E-state index >= 15 is 0 Å². The predicted octanol–water partition coefficient (Wildman–Crippen LogP) is 5.06. The summed E-state index contributed by atoms with van der Waals surface area (Å²) in [6.45, 7) is 26.4. The zero-order chi connectivity index (χ0) is 19.1. The highest BCUT2D eigenvalue weighted by molar-refractivity contribution is 6.74. The molecule has 0 amide bonds. The van der Waals surface area contributed by atoms with Gasteiger partial charge in [0.25, 0.3) is 0 Å². The fourth-order valence-electron chi connectivity index (χ4n) is 1.47. The second-order valence-corrected chi connectivity index (χ2v) is 19.1. The molecule has 4 nitrogen and oxygen atoms in total. The average Bonchev–Trinajstić information content (AvgIpc) is 2.38. The van der Waals surface area contributed by atoms with E-state index in [9.17, 15) is 0 Å². The Kier molecular flexibility index (Phi) is 9.94. The molecule has 0 heterocycles. The van der Waals surface area contributed by atoms with E-state index in [4.69, 9.17) is 18.3 Å². The van der Waals surface area contributed by atoms with Crippen LogP contribution in [-0.2, 0) is 18.3 Å². The van der Waals surface area contributed by atoms with Gasteiger partial charge in [0.1, 0.15) is 0 Å². The minimum absolute atomic E-state index is 0.250. The Morgan fingerprint density at radius 2 is 0.750 bits per heavy atom. The van der Waals surface area contributed by atoms with Gasteiger partial charge in [-0.25, -0.2) is 0 Å². The third kappa shape index (κ3) is 9.10. The summed E-state index contributed by atoms with van der Waals surface area (Å²) in [6.07, 6.45) is 0. The van der Waals surface area contributed by atoms with Crippen molar-refractivity contribution in [2.45, 2.75) is 77.8 Å². The maximum absolute atomic E-state index is 6.07. The smallest absolute Gasteiger partial charge is 0.192 e. The lowest BCUT2D eigenvalue weighted by molar-refractivity contribution is 0.0247. The summed E-state index contributed by atoms with van der Waals surface area (Å²) in [7, 11) is -3.30. The zero-order valence-corrected chi connectivity index (χ0v) is 19.9. The summed E-state index contributed by atoms with van der Waals surface area (Å²) in [5.74, 6) is 0. The van der Waals surface area contributed by atoms with Gasteiger partial charge in [-0.05, 0) is 36.3 Å². The van der Waals surface area contributed by atoms with Crippen LogP contribution in [0, 0.1) is 0 Å². The minimum Gasteiger partial charge on any atom is -0.414 e. The molecule has 0 aliphatic heterocycles. The highest BCUT2D eigenvalue weighted by atomic mass is 28.4. The van der Waals surface area contributed by atoms with Crippen LogP contribution in [0.1, 0.15) is 41.5 Å². The van der Waals surface area contributed by atoms with Gasteiger partial charge in [-0.2, -0.15) is 0 Å². The molecule has 24 heavy (non-hydrogen) atoms. The summed E-state index contributed by atoms with van der Waals surface area (Å²) >= 11 is 0. The molecule has 0 rings (SSSR count). The van der Waals surface area contributed by atoms with Crippen molar-refractivity contribution in [1.29, 1.82) is 0 Å². The van der Waals surface area contributed by atoms with Gasteiger partial charge >= 0.3 is 0 Å². The number of hydrogen-bond donors (Lipinski definition) is 0. The van der Waals surface area contributed by atoms with E-state index in [1.807, 2.05) is 0 Å². The van der Waals surface area contributed by atoms with Gasteiger partial charge in [-0.3, -0.25) is 0 Å². The van der Waals surface area contributed by atoms with Gasteiger partial charge < -0.3 is 18.3 Å². The molecule has 0 bridgehead atoms. The van der Waals surface area contributed by atoms with Gasteiger partial charge in [0.05, 0.1) is 39.6 Å². The van der Waals surface area contributed by atoms with E-state index in [1.165, 1.54) is 0 Å². The van der Waals surface area contributed by atoms with E-state index in [-0.39, 0.29) is 10.1 Å². The van der Waals surface area contributed by atoms with Crippen LogP contribution >= 0.6 is 0 Å². The topological polar surface area (TPSA) is 36.9 Å². The van der Waals surface area contributed by atoms with E-state index in [1.54, 1.807) is 0 Å². The van der Waals surface area contributed by atoms with Crippen molar-refractivity contribution in [3.8, 4) is 0 Å². The Balaban J connectivity index is 3.60. The first kappa shape index (κ1) is 24.3. The van der Waals surface area contributed by atoms with Crippen LogP contribution in [0.5, 0.6) is 0 Å². The lowest BCUT2D eigenvalue weighted by Crippen LogP contribution is -2.41. The molecule has 0 aromatic carbocycles. The summed E-state index contributed by atoms with van der Waals surface area (Å²) < 4.78 is 23.3. The Bertz CT molecular complexity index is 310. The molecule has 146 valence electrons. The Labute approximate surface area is 152 Å². The zero-order valence-electron chi connectivity index (χ0n) is 17.9. The maximum atomic E-state index is 6.07. The van der Waals surface area contributed by atoms with E-state index in [2.05, 4.69) is 67.7 Å². The van der Waals surface area contributed by atoms with Crippen LogP contribution in [0.2, 0.25) is 36.3 Å². The third-order valence-corrected chi connectivity index (χ3v) is 14.4.